The van der Waals surface area contributed by atoms with Crippen LogP contribution in [0, 0.1) is 22.0 Å². The van der Waals surface area contributed by atoms with Crippen molar-refractivity contribution < 1.29 is 18.1 Å². The van der Waals surface area contributed by atoms with Crippen LogP contribution in [0.25, 0.3) is 0 Å². The molecule has 27 heavy (non-hydrogen) atoms. The Hall–Kier alpha value is -2.00. The molecule has 1 aliphatic heterocycles. The molecule has 0 amide bonds. The summed E-state index contributed by atoms with van der Waals surface area (Å²) in [5, 5.41) is 10.8. The maximum Gasteiger partial charge on any atom is 0.269 e. The summed E-state index contributed by atoms with van der Waals surface area (Å²) in [6.45, 7) is 4.73. The number of nitrogens with one attached hydrogen (secondary N) is 1. The normalized spacial score (nSPS) is 25.9. The number of nitro groups is 1. The minimum Gasteiger partial charge on any atom is -0.478 e. The van der Waals surface area contributed by atoms with Crippen LogP contribution in [0.1, 0.15) is 39.5 Å². The van der Waals surface area contributed by atoms with Gasteiger partial charge in [-0.05, 0) is 30.9 Å². The number of nitro benzene ring substituents is 1. The number of nitrogens with zero attached hydrogens (tertiary/aromatic N) is 2. The van der Waals surface area contributed by atoms with Gasteiger partial charge in [-0.2, -0.15) is 0 Å². The topological polar surface area (TPSA) is 111 Å². The number of rotatable bonds is 6. The van der Waals surface area contributed by atoms with Crippen LogP contribution in [0.2, 0.25) is 0 Å². The largest absolute Gasteiger partial charge is 0.478 e. The number of aliphatic imine (C=N–C) groups is 1. The van der Waals surface area contributed by atoms with Crippen LogP contribution in [-0.2, 0) is 14.8 Å². The van der Waals surface area contributed by atoms with Crippen LogP contribution >= 0.6 is 0 Å². The monoisotopic (exact) mass is 395 g/mol. The Labute approximate surface area is 159 Å². The van der Waals surface area contributed by atoms with E-state index in [1.807, 2.05) is 0 Å². The first-order chi connectivity index (χ1) is 12.8. The lowest BCUT2D eigenvalue weighted by Gasteiger charge is -2.31. The third-order valence-corrected chi connectivity index (χ3v) is 6.72. The predicted molar refractivity (Wildman–Crippen MR) is 101 cm³/mol. The lowest BCUT2D eigenvalue weighted by atomic mass is 9.85. The summed E-state index contributed by atoms with van der Waals surface area (Å²) in [7, 11) is -3.78. The van der Waals surface area contributed by atoms with Gasteiger partial charge >= 0.3 is 0 Å². The molecular formula is C18H25N3O5S. The van der Waals surface area contributed by atoms with Crippen LogP contribution in [0.15, 0.2) is 34.2 Å². The molecule has 0 unspecified atom stereocenters. The molecule has 0 radical (unpaired) electrons. The lowest BCUT2D eigenvalue weighted by molar-refractivity contribution is -0.384. The number of hydrogen-bond acceptors (Lipinski definition) is 6. The van der Waals surface area contributed by atoms with E-state index >= 15 is 0 Å². The van der Waals surface area contributed by atoms with Crippen LogP contribution in [0.5, 0.6) is 0 Å². The van der Waals surface area contributed by atoms with E-state index in [0.29, 0.717) is 24.8 Å². The zero-order chi connectivity index (χ0) is 19.6. The van der Waals surface area contributed by atoms with Crippen molar-refractivity contribution in [2.24, 2.45) is 16.8 Å². The lowest BCUT2D eigenvalue weighted by Crippen LogP contribution is -2.45. The van der Waals surface area contributed by atoms with Gasteiger partial charge in [-0.15, -0.1) is 0 Å². The van der Waals surface area contributed by atoms with E-state index in [1.54, 1.807) is 0 Å². The van der Waals surface area contributed by atoms with E-state index in [2.05, 4.69) is 23.6 Å². The molecule has 1 aromatic carbocycles. The van der Waals surface area contributed by atoms with Crippen LogP contribution in [0.4, 0.5) is 5.69 Å². The molecule has 3 rings (SSSR count). The molecule has 0 saturated heterocycles. The standard InChI is InChI=1S/C18H25N3O5S/c1-12(2)17-11-26-18(19-17)15-5-3-4-6-16(15)20-27(24,25)14-9-7-13(8-10-14)21(22)23/h7-10,12,15-17,20H,3-6,11H2,1-2H3/t15-,16-,17-/m1/s1. The van der Waals surface area contributed by atoms with E-state index in [0.717, 1.165) is 19.3 Å². The highest BCUT2D eigenvalue weighted by Gasteiger charge is 2.36. The third kappa shape index (κ3) is 4.47. The minimum absolute atomic E-state index is 0.0201. The van der Waals surface area contributed by atoms with E-state index in [-0.39, 0.29) is 28.6 Å². The molecule has 0 bridgehead atoms. The van der Waals surface area contributed by atoms with Gasteiger partial charge < -0.3 is 4.74 Å². The van der Waals surface area contributed by atoms with Crippen molar-refractivity contribution in [2.75, 3.05) is 6.61 Å². The SMILES string of the molecule is CC(C)[C@H]1COC([C@@H]2CCCC[C@H]2NS(=O)(=O)c2ccc([N+](=O)[O-])cc2)=N1. The van der Waals surface area contributed by atoms with Crippen molar-refractivity contribution in [1.82, 2.24) is 4.72 Å². The maximum absolute atomic E-state index is 12.8. The Bertz CT molecular complexity index is 820. The first-order valence-electron chi connectivity index (χ1n) is 9.25. The van der Waals surface area contributed by atoms with Crippen molar-refractivity contribution in [3.05, 3.63) is 34.4 Å². The molecule has 2 aliphatic rings. The van der Waals surface area contributed by atoms with Gasteiger partial charge in [0, 0.05) is 18.2 Å². The number of ether oxygens (including phenoxy) is 1. The first kappa shape index (κ1) is 19.8. The molecule has 1 heterocycles. The molecule has 9 heteroatoms. The second-order valence-electron chi connectivity index (χ2n) is 7.46. The third-order valence-electron chi connectivity index (χ3n) is 5.21. The fourth-order valence-electron chi connectivity index (χ4n) is 3.53. The summed E-state index contributed by atoms with van der Waals surface area (Å²) >= 11 is 0. The first-order valence-corrected chi connectivity index (χ1v) is 10.7. The molecule has 0 aromatic heterocycles. The average Bonchev–Trinajstić information content (AvgIpc) is 3.12. The van der Waals surface area contributed by atoms with Gasteiger partial charge in [0.05, 0.1) is 21.8 Å². The molecule has 1 saturated carbocycles. The van der Waals surface area contributed by atoms with Crippen molar-refractivity contribution in [3.8, 4) is 0 Å². The van der Waals surface area contributed by atoms with Crippen LogP contribution in [-0.4, -0.2) is 37.9 Å². The summed E-state index contributed by atoms with van der Waals surface area (Å²) in [6, 6.07) is 4.75. The molecule has 148 valence electrons. The van der Waals surface area contributed by atoms with Gasteiger partial charge in [0.2, 0.25) is 10.0 Å². The van der Waals surface area contributed by atoms with Crippen molar-refractivity contribution in [3.63, 3.8) is 0 Å². The molecule has 3 atom stereocenters. The molecule has 1 fully saturated rings. The van der Waals surface area contributed by atoms with Crippen LogP contribution in [0.3, 0.4) is 0 Å². The Morgan fingerprint density at radius 2 is 1.89 bits per heavy atom. The zero-order valence-electron chi connectivity index (χ0n) is 15.5. The van der Waals surface area contributed by atoms with E-state index < -0.39 is 14.9 Å². The zero-order valence-corrected chi connectivity index (χ0v) is 16.3. The van der Waals surface area contributed by atoms with Gasteiger partial charge in [-0.3, -0.25) is 10.1 Å². The second kappa shape index (κ2) is 7.93. The minimum atomic E-state index is -3.78. The Morgan fingerprint density at radius 1 is 1.22 bits per heavy atom. The predicted octanol–water partition coefficient (Wildman–Crippen LogP) is 2.89. The Morgan fingerprint density at radius 3 is 2.48 bits per heavy atom. The number of non-ortho nitro benzene ring substituents is 1. The molecule has 8 nitrogen and oxygen atoms in total. The fraction of sp³-hybridized carbons (Fsp3) is 0.611. The second-order valence-corrected chi connectivity index (χ2v) is 9.17. The molecule has 1 aliphatic carbocycles. The fourth-order valence-corrected chi connectivity index (χ4v) is 4.85. The number of sulfonamides is 1. The Kier molecular flexibility index (Phi) is 5.81. The highest BCUT2D eigenvalue weighted by molar-refractivity contribution is 7.89. The van der Waals surface area contributed by atoms with Crippen LogP contribution < -0.4 is 4.72 Å². The molecular weight excluding hydrogens is 370 g/mol. The summed E-state index contributed by atoms with van der Waals surface area (Å²) in [5.74, 6) is 0.960. The average molecular weight is 395 g/mol. The van der Waals surface area contributed by atoms with Gasteiger partial charge in [-0.25, -0.2) is 18.1 Å². The van der Waals surface area contributed by atoms with Crippen molar-refractivity contribution in [2.45, 2.75) is 56.5 Å². The highest BCUT2D eigenvalue weighted by Crippen LogP contribution is 2.30. The maximum atomic E-state index is 12.8. The van der Waals surface area contributed by atoms with Gasteiger partial charge in [-0.1, -0.05) is 26.7 Å². The van der Waals surface area contributed by atoms with Gasteiger partial charge in [0.25, 0.3) is 5.69 Å². The summed E-state index contributed by atoms with van der Waals surface area (Å²) < 4.78 is 34.1. The van der Waals surface area contributed by atoms with Gasteiger partial charge in [0.15, 0.2) is 5.90 Å². The summed E-state index contributed by atoms with van der Waals surface area (Å²) in [4.78, 5) is 14.9. The summed E-state index contributed by atoms with van der Waals surface area (Å²) in [6.07, 6.45) is 3.49. The molecule has 1 aromatic rings. The molecule has 1 N–H and O–H groups in total. The number of benzene rings is 1. The Balaban J connectivity index is 1.77. The van der Waals surface area contributed by atoms with Crippen molar-refractivity contribution >= 4 is 21.6 Å². The van der Waals surface area contributed by atoms with Gasteiger partial charge in [0.1, 0.15) is 6.61 Å². The molecule has 0 spiro atoms. The highest BCUT2D eigenvalue weighted by atomic mass is 32.2. The number of hydrogen-bond donors (Lipinski definition) is 1. The van der Waals surface area contributed by atoms with E-state index in [9.17, 15) is 18.5 Å². The quantitative estimate of drug-likeness (QED) is 0.588. The summed E-state index contributed by atoms with van der Waals surface area (Å²) in [5.41, 5.74) is -0.141. The smallest absolute Gasteiger partial charge is 0.269 e. The van der Waals surface area contributed by atoms with Crippen molar-refractivity contribution in [1.29, 1.82) is 0 Å². The van der Waals surface area contributed by atoms with E-state index in [4.69, 9.17) is 4.74 Å². The van der Waals surface area contributed by atoms with E-state index in [1.165, 1.54) is 24.3 Å².